The normalized spacial score (nSPS) is 11.5. The summed E-state index contributed by atoms with van der Waals surface area (Å²) in [6, 6.07) is 14.9. The number of amides is 1. The molecule has 0 fully saturated rings. The molecule has 0 unspecified atom stereocenters. The number of ether oxygens (including phenoxy) is 2. The fourth-order valence-electron chi connectivity index (χ4n) is 2.21. The van der Waals surface area contributed by atoms with E-state index in [2.05, 4.69) is 21.2 Å². The Morgan fingerprint density at radius 2 is 1.88 bits per heavy atom. The lowest BCUT2D eigenvalue weighted by Crippen LogP contribution is -2.31. The molecule has 2 aromatic rings. The molecule has 2 aromatic carbocycles. The van der Waals surface area contributed by atoms with Gasteiger partial charge in [-0.15, -0.1) is 0 Å². The van der Waals surface area contributed by atoms with Crippen LogP contribution in [0.4, 0.5) is 0 Å². The van der Waals surface area contributed by atoms with E-state index in [0.717, 1.165) is 5.56 Å². The second-order valence-corrected chi connectivity index (χ2v) is 6.39. The molecule has 6 heteroatoms. The van der Waals surface area contributed by atoms with Crippen LogP contribution in [0.5, 0.6) is 5.75 Å². The maximum atomic E-state index is 12.1. The molecule has 1 N–H and O–H groups in total. The Hall–Kier alpha value is -2.34. The van der Waals surface area contributed by atoms with Gasteiger partial charge in [0.05, 0.1) is 12.7 Å². The fourth-order valence-corrected chi connectivity index (χ4v) is 2.62. The predicted octanol–water partition coefficient (Wildman–Crippen LogP) is 3.53. The Morgan fingerprint density at radius 1 is 1.16 bits per heavy atom. The zero-order valence-electron chi connectivity index (χ0n) is 14.1. The van der Waals surface area contributed by atoms with E-state index in [0.29, 0.717) is 22.3 Å². The number of rotatable bonds is 7. The summed E-state index contributed by atoms with van der Waals surface area (Å²) < 4.78 is 10.7. The van der Waals surface area contributed by atoms with Crippen molar-refractivity contribution in [2.75, 3.05) is 20.3 Å². The molecule has 0 aromatic heterocycles. The lowest BCUT2D eigenvalue weighted by Gasteiger charge is -2.13. The van der Waals surface area contributed by atoms with Gasteiger partial charge in [-0.3, -0.25) is 4.79 Å². The van der Waals surface area contributed by atoms with Crippen LogP contribution in [-0.4, -0.2) is 32.1 Å². The van der Waals surface area contributed by atoms with Crippen LogP contribution in [0.15, 0.2) is 53.0 Å². The maximum absolute atomic E-state index is 12.1. The number of hydrogen-bond acceptors (Lipinski definition) is 4. The molecule has 2 rings (SSSR count). The molecule has 0 saturated carbocycles. The zero-order chi connectivity index (χ0) is 18.2. The molecular weight excluding hydrogens is 386 g/mol. The first kappa shape index (κ1) is 19.0. The van der Waals surface area contributed by atoms with Gasteiger partial charge in [-0.25, -0.2) is 4.79 Å². The third kappa shape index (κ3) is 5.60. The SMILES string of the molecule is COc1ccc(Br)c(C(=O)OCC(=O)NC[C@@H](C)c2ccccc2)c1. The van der Waals surface area contributed by atoms with Gasteiger partial charge < -0.3 is 14.8 Å². The lowest BCUT2D eigenvalue weighted by molar-refractivity contribution is -0.124. The van der Waals surface area contributed by atoms with Gasteiger partial charge in [0.15, 0.2) is 6.61 Å². The van der Waals surface area contributed by atoms with Gasteiger partial charge in [-0.2, -0.15) is 0 Å². The van der Waals surface area contributed by atoms with Crippen LogP contribution in [-0.2, 0) is 9.53 Å². The van der Waals surface area contributed by atoms with Crippen LogP contribution >= 0.6 is 15.9 Å². The molecule has 0 bridgehead atoms. The zero-order valence-corrected chi connectivity index (χ0v) is 15.7. The van der Waals surface area contributed by atoms with E-state index in [9.17, 15) is 9.59 Å². The number of carbonyl (C=O) groups excluding carboxylic acids is 2. The summed E-state index contributed by atoms with van der Waals surface area (Å²) in [6.45, 7) is 2.17. The van der Waals surface area contributed by atoms with Gasteiger partial charge in [0.25, 0.3) is 5.91 Å². The van der Waals surface area contributed by atoms with Crippen LogP contribution in [0.2, 0.25) is 0 Å². The highest BCUT2D eigenvalue weighted by Crippen LogP contribution is 2.23. The van der Waals surface area contributed by atoms with Crippen molar-refractivity contribution in [1.29, 1.82) is 0 Å². The highest BCUT2D eigenvalue weighted by molar-refractivity contribution is 9.10. The first-order valence-electron chi connectivity index (χ1n) is 7.83. The average Bonchev–Trinajstić information content (AvgIpc) is 2.65. The second kappa shape index (κ2) is 9.22. The number of carbonyl (C=O) groups is 2. The fraction of sp³-hybridized carbons (Fsp3) is 0.263. The topological polar surface area (TPSA) is 64.6 Å². The van der Waals surface area contributed by atoms with Gasteiger partial charge in [-0.05, 0) is 45.6 Å². The number of nitrogens with one attached hydrogen (secondary N) is 1. The molecule has 1 amide bonds. The average molecular weight is 406 g/mol. The van der Waals surface area contributed by atoms with E-state index in [1.807, 2.05) is 37.3 Å². The predicted molar refractivity (Wildman–Crippen MR) is 98.8 cm³/mol. The van der Waals surface area contributed by atoms with E-state index < -0.39 is 5.97 Å². The quantitative estimate of drug-likeness (QED) is 0.715. The summed E-state index contributed by atoms with van der Waals surface area (Å²) in [7, 11) is 1.51. The molecule has 0 saturated heterocycles. The molecule has 25 heavy (non-hydrogen) atoms. The maximum Gasteiger partial charge on any atom is 0.339 e. The lowest BCUT2D eigenvalue weighted by atomic mass is 10.0. The summed E-state index contributed by atoms with van der Waals surface area (Å²) >= 11 is 3.29. The summed E-state index contributed by atoms with van der Waals surface area (Å²) in [5.74, 6) is -0.211. The molecule has 0 aliphatic rings. The number of hydrogen-bond donors (Lipinski definition) is 1. The van der Waals surface area contributed by atoms with Crippen molar-refractivity contribution in [3.05, 3.63) is 64.1 Å². The number of benzene rings is 2. The summed E-state index contributed by atoms with van der Waals surface area (Å²) in [4.78, 5) is 24.0. The number of halogens is 1. The molecule has 0 spiro atoms. The van der Waals surface area contributed by atoms with Crippen LogP contribution in [0.3, 0.4) is 0 Å². The third-order valence-electron chi connectivity index (χ3n) is 3.70. The first-order valence-corrected chi connectivity index (χ1v) is 8.63. The molecule has 5 nitrogen and oxygen atoms in total. The van der Waals surface area contributed by atoms with Crippen LogP contribution < -0.4 is 10.1 Å². The van der Waals surface area contributed by atoms with Gasteiger partial charge >= 0.3 is 5.97 Å². The molecule has 0 aliphatic heterocycles. The molecular formula is C19H20BrNO4. The Morgan fingerprint density at radius 3 is 2.56 bits per heavy atom. The van der Waals surface area contributed by atoms with E-state index >= 15 is 0 Å². The summed E-state index contributed by atoms with van der Waals surface area (Å²) in [6.07, 6.45) is 0. The highest BCUT2D eigenvalue weighted by Gasteiger charge is 2.15. The second-order valence-electron chi connectivity index (χ2n) is 5.54. The van der Waals surface area contributed by atoms with Gasteiger partial charge in [-0.1, -0.05) is 37.3 Å². The van der Waals surface area contributed by atoms with Crippen molar-refractivity contribution in [2.24, 2.45) is 0 Å². The minimum atomic E-state index is -0.586. The van der Waals surface area contributed by atoms with E-state index in [1.165, 1.54) is 7.11 Å². The smallest absolute Gasteiger partial charge is 0.339 e. The van der Waals surface area contributed by atoms with Crippen LogP contribution in [0, 0.1) is 0 Å². The van der Waals surface area contributed by atoms with E-state index in [4.69, 9.17) is 9.47 Å². The first-order chi connectivity index (χ1) is 12.0. The minimum absolute atomic E-state index is 0.174. The van der Waals surface area contributed by atoms with Crippen molar-refractivity contribution >= 4 is 27.8 Å². The molecule has 1 atom stereocenters. The van der Waals surface area contributed by atoms with E-state index in [1.54, 1.807) is 18.2 Å². The number of esters is 1. The number of methoxy groups -OCH3 is 1. The molecule has 0 heterocycles. The van der Waals surface area contributed by atoms with Gasteiger partial charge in [0.2, 0.25) is 0 Å². The van der Waals surface area contributed by atoms with Crippen molar-refractivity contribution in [1.82, 2.24) is 5.32 Å². The third-order valence-corrected chi connectivity index (χ3v) is 4.39. The Balaban J connectivity index is 1.82. The largest absolute Gasteiger partial charge is 0.497 e. The molecule has 0 aliphatic carbocycles. The Labute approximate surface area is 155 Å². The van der Waals surface area contributed by atoms with Crippen molar-refractivity contribution in [2.45, 2.75) is 12.8 Å². The van der Waals surface area contributed by atoms with Crippen molar-refractivity contribution in [3.8, 4) is 5.75 Å². The standard InChI is InChI=1S/C19H20BrNO4/c1-13(14-6-4-3-5-7-14)11-21-18(22)12-25-19(23)16-10-15(24-2)8-9-17(16)20/h3-10,13H,11-12H2,1-2H3,(H,21,22)/t13-/m1/s1. The summed E-state index contributed by atoms with van der Waals surface area (Å²) in [5.41, 5.74) is 1.45. The Bertz CT molecular complexity index is 733. The van der Waals surface area contributed by atoms with Gasteiger partial charge in [0, 0.05) is 11.0 Å². The monoisotopic (exact) mass is 405 g/mol. The highest BCUT2D eigenvalue weighted by atomic mass is 79.9. The molecule has 0 radical (unpaired) electrons. The summed E-state index contributed by atoms with van der Waals surface area (Å²) in [5, 5.41) is 2.77. The van der Waals surface area contributed by atoms with Crippen LogP contribution in [0.25, 0.3) is 0 Å². The van der Waals surface area contributed by atoms with Crippen LogP contribution in [0.1, 0.15) is 28.8 Å². The minimum Gasteiger partial charge on any atom is -0.497 e. The van der Waals surface area contributed by atoms with Gasteiger partial charge in [0.1, 0.15) is 5.75 Å². The van der Waals surface area contributed by atoms with E-state index in [-0.39, 0.29) is 18.4 Å². The Kier molecular flexibility index (Phi) is 7.01. The van der Waals surface area contributed by atoms with Crippen molar-refractivity contribution in [3.63, 3.8) is 0 Å². The van der Waals surface area contributed by atoms with Crippen molar-refractivity contribution < 1.29 is 19.1 Å². The molecule has 132 valence electrons.